The first-order valence-electron chi connectivity index (χ1n) is 6.58. The van der Waals surface area contributed by atoms with E-state index in [-0.39, 0.29) is 6.10 Å². The lowest BCUT2D eigenvalue weighted by molar-refractivity contribution is 0.116. The van der Waals surface area contributed by atoms with Gasteiger partial charge in [-0.05, 0) is 25.7 Å². The van der Waals surface area contributed by atoms with Crippen LogP contribution in [0.5, 0.6) is 11.8 Å². The SMILES string of the molecule is COc1ncnc(OC)c1CNC1CCC(O)CC1. The Morgan fingerprint density at radius 1 is 1.16 bits per heavy atom. The molecule has 0 amide bonds. The van der Waals surface area contributed by atoms with Crippen LogP contribution in [-0.2, 0) is 6.54 Å². The summed E-state index contributed by atoms with van der Waals surface area (Å²) in [7, 11) is 3.17. The number of rotatable bonds is 5. The molecule has 1 heterocycles. The molecule has 2 rings (SSSR count). The summed E-state index contributed by atoms with van der Waals surface area (Å²) in [4.78, 5) is 8.18. The lowest BCUT2D eigenvalue weighted by Crippen LogP contribution is -2.34. The predicted molar refractivity (Wildman–Crippen MR) is 70.2 cm³/mol. The highest BCUT2D eigenvalue weighted by molar-refractivity contribution is 5.34. The van der Waals surface area contributed by atoms with Crippen LogP contribution >= 0.6 is 0 Å². The standard InChI is InChI=1S/C13H21N3O3/c1-18-12-11(13(19-2)16-8-15-12)7-14-9-3-5-10(17)6-4-9/h8-10,14,17H,3-7H2,1-2H3. The van der Waals surface area contributed by atoms with Crippen LogP contribution < -0.4 is 14.8 Å². The maximum absolute atomic E-state index is 9.49. The molecule has 0 radical (unpaired) electrons. The summed E-state index contributed by atoms with van der Waals surface area (Å²) in [6.07, 6.45) is 4.98. The lowest BCUT2D eigenvalue weighted by atomic mass is 9.93. The zero-order valence-corrected chi connectivity index (χ0v) is 11.4. The van der Waals surface area contributed by atoms with Crippen LogP contribution in [0.1, 0.15) is 31.2 Å². The highest BCUT2D eigenvalue weighted by atomic mass is 16.5. The Morgan fingerprint density at radius 3 is 2.26 bits per heavy atom. The monoisotopic (exact) mass is 267 g/mol. The summed E-state index contributed by atoms with van der Waals surface area (Å²) >= 11 is 0. The minimum absolute atomic E-state index is 0.137. The molecule has 0 aromatic carbocycles. The summed E-state index contributed by atoms with van der Waals surface area (Å²) in [5.74, 6) is 1.07. The molecule has 0 aliphatic heterocycles. The summed E-state index contributed by atoms with van der Waals surface area (Å²) < 4.78 is 10.5. The second-order valence-corrected chi connectivity index (χ2v) is 4.76. The molecule has 0 spiro atoms. The zero-order valence-electron chi connectivity index (χ0n) is 11.4. The number of methoxy groups -OCH3 is 2. The molecule has 2 N–H and O–H groups in total. The van der Waals surface area contributed by atoms with Gasteiger partial charge in [0, 0.05) is 12.6 Å². The third-order valence-corrected chi connectivity index (χ3v) is 3.52. The van der Waals surface area contributed by atoms with Crippen molar-refractivity contribution in [3.05, 3.63) is 11.9 Å². The van der Waals surface area contributed by atoms with E-state index >= 15 is 0 Å². The van der Waals surface area contributed by atoms with Crippen LogP contribution in [0, 0.1) is 0 Å². The van der Waals surface area contributed by atoms with Gasteiger partial charge < -0.3 is 19.9 Å². The Bertz CT molecular complexity index is 384. The van der Waals surface area contributed by atoms with Gasteiger partial charge >= 0.3 is 0 Å². The van der Waals surface area contributed by atoms with Crippen molar-refractivity contribution in [2.24, 2.45) is 0 Å². The fourth-order valence-electron chi connectivity index (χ4n) is 2.41. The van der Waals surface area contributed by atoms with Crippen molar-refractivity contribution < 1.29 is 14.6 Å². The summed E-state index contributed by atoms with van der Waals surface area (Å²) in [6, 6.07) is 0.415. The average Bonchev–Trinajstić information content (AvgIpc) is 2.46. The predicted octanol–water partition coefficient (Wildman–Crippen LogP) is 0.887. The van der Waals surface area contributed by atoms with Crippen molar-refractivity contribution >= 4 is 0 Å². The minimum atomic E-state index is -0.137. The summed E-state index contributed by atoms with van der Waals surface area (Å²) in [5.41, 5.74) is 0.832. The number of aliphatic hydroxyl groups is 1. The number of ether oxygens (including phenoxy) is 2. The van der Waals surface area contributed by atoms with Gasteiger partial charge in [-0.2, -0.15) is 0 Å². The molecule has 0 saturated heterocycles. The van der Waals surface area contributed by atoms with Gasteiger partial charge in [0.2, 0.25) is 11.8 Å². The Hall–Kier alpha value is -1.40. The Balaban J connectivity index is 1.98. The Kier molecular flexibility index (Phi) is 4.93. The van der Waals surface area contributed by atoms with Crippen molar-refractivity contribution in [1.29, 1.82) is 0 Å². The number of aromatic nitrogens is 2. The second kappa shape index (κ2) is 6.68. The molecule has 1 aromatic rings. The smallest absolute Gasteiger partial charge is 0.224 e. The van der Waals surface area contributed by atoms with E-state index in [1.165, 1.54) is 6.33 Å². The molecular formula is C13H21N3O3. The second-order valence-electron chi connectivity index (χ2n) is 4.76. The quantitative estimate of drug-likeness (QED) is 0.825. The first-order chi connectivity index (χ1) is 9.24. The largest absolute Gasteiger partial charge is 0.481 e. The van der Waals surface area contributed by atoms with E-state index in [0.29, 0.717) is 24.3 Å². The van der Waals surface area contributed by atoms with Crippen LogP contribution in [0.2, 0.25) is 0 Å². The zero-order chi connectivity index (χ0) is 13.7. The Labute approximate surface area is 113 Å². The fraction of sp³-hybridized carbons (Fsp3) is 0.692. The van der Waals surface area contributed by atoms with Crippen LogP contribution in [0.15, 0.2) is 6.33 Å². The van der Waals surface area contributed by atoms with Gasteiger partial charge in [-0.1, -0.05) is 0 Å². The van der Waals surface area contributed by atoms with Crippen LogP contribution in [0.3, 0.4) is 0 Å². The van der Waals surface area contributed by atoms with Gasteiger partial charge in [0.15, 0.2) is 0 Å². The van der Waals surface area contributed by atoms with E-state index in [0.717, 1.165) is 31.2 Å². The third-order valence-electron chi connectivity index (χ3n) is 3.52. The average molecular weight is 267 g/mol. The van der Waals surface area contributed by atoms with Crippen molar-refractivity contribution in [2.75, 3.05) is 14.2 Å². The molecule has 0 bridgehead atoms. The van der Waals surface area contributed by atoms with E-state index in [4.69, 9.17) is 9.47 Å². The summed E-state index contributed by atoms with van der Waals surface area (Å²) in [5, 5.41) is 12.9. The van der Waals surface area contributed by atoms with E-state index < -0.39 is 0 Å². The molecular weight excluding hydrogens is 246 g/mol. The van der Waals surface area contributed by atoms with Gasteiger partial charge in [0.05, 0.1) is 25.9 Å². The molecule has 0 unspecified atom stereocenters. The molecule has 0 atom stereocenters. The van der Waals surface area contributed by atoms with Gasteiger partial charge in [-0.25, -0.2) is 9.97 Å². The third kappa shape index (κ3) is 3.54. The number of hydrogen-bond donors (Lipinski definition) is 2. The van der Waals surface area contributed by atoms with Crippen LogP contribution in [0.4, 0.5) is 0 Å². The van der Waals surface area contributed by atoms with Crippen molar-refractivity contribution in [3.8, 4) is 11.8 Å². The van der Waals surface area contributed by atoms with Crippen LogP contribution in [0.25, 0.3) is 0 Å². The van der Waals surface area contributed by atoms with Gasteiger partial charge in [-0.15, -0.1) is 0 Å². The number of nitrogens with one attached hydrogen (secondary N) is 1. The molecule has 1 aliphatic rings. The summed E-state index contributed by atoms with van der Waals surface area (Å²) in [6.45, 7) is 0.605. The van der Waals surface area contributed by atoms with Crippen molar-refractivity contribution in [3.63, 3.8) is 0 Å². The van der Waals surface area contributed by atoms with E-state index in [9.17, 15) is 5.11 Å². The van der Waals surface area contributed by atoms with Crippen LogP contribution in [-0.4, -0.2) is 41.4 Å². The minimum Gasteiger partial charge on any atom is -0.481 e. The maximum Gasteiger partial charge on any atom is 0.224 e. The highest BCUT2D eigenvalue weighted by Gasteiger charge is 2.20. The van der Waals surface area contributed by atoms with Gasteiger partial charge in [-0.3, -0.25) is 0 Å². The Morgan fingerprint density at radius 2 is 1.74 bits per heavy atom. The van der Waals surface area contributed by atoms with Crippen molar-refractivity contribution in [1.82, 2.24) is 15.3 Å². The van der Waals surface area contributed by atoms with Gasteiger partial charge in [0.25, 0.3) is 0 Å². The van der Waals surface area contributed by atoms with Crippen molar-refractivity contribution in [2.45, 2.75) is 44.4 Å². The van der Waals surface area contributed by atoms with E-state index in [1.807, 2.05) is 0 Å². The topological polar surface area (TPSA) is 76.5 Å². The first kappa shape index (κ1) is 14.0. The number of aliphatic hydroxyl groups excluding tert-OH is 1. The van der Waals surface area contributed by atoms with E-state index in [2.05, 4.69) is 15.3 Å². The number of nitrogens with zero attached hydrogens (tertiary/aromatic N) is 2. The molecule has 1 fully saturated rings. The first-order valence-corrected chi connectivity index (χ1v) is 6.58. The lowest BCUT2D eigenvalue weighted by Gasteiger charge is -2.26. The maximum atomic E-state index is 9.49. The number of hydrogen-bond acceptors (Lipinski definition) is 6. The van der Waals surface area contributed by atoms with Gasteiger partial charge in [0.1, 0.15) is 6.33 Å². The molecule has 1 aliphatic carbocycles. The molecule has 6 heteroatoms. The fourth-order valence-corrected chi connectivity index (χ4v) is 2.41. The molecule has 6 nitrogen and oxygen atoms in total. The normalized spacial score (nSPS) is 23.1. The molecule has 19 heavy (non-hydrogen) atoms. The molecule has 1 saturated carbocycles. The molecule has 106 valence electrons. The molecule has 1 aromatic heterocycles. The highest BCUT2D eigenvalue weighted by Crippen LogP contribution is 2.24. The van der Waals surface area contributed by atoms with E-state index in [1.54, 1.807) is 14.2 Å².